The zero-order valence-corrected chi connectivity index (χ0v) is 63.1. The third-order valence-corrected chi connectivity index (χ3v) is 17.4. The number of amides is 2. The molecule has 3 aliphatic heterocycles. The Balaban J connectivity index is 0.00000197. The van der Waals surface area contributed by atoms with Gasteiger partial charge in [0.15, 0.2) is 17.9 Å². The summed E-state index contributed by atoms with van der Waals surface area (Å²) in [4.78, 5) is 109. The van der Waals surface area contributed by atoms with Crippen molar-refractivity contribution in [3.63, 3.8) is 0 Å². The summed E-state index contributed by atoms with van der Waals surface area (Å²) in [6.07, 6.45) is 1.12. The molecule has 2 fully saturated rings. The van der Waals surface area contributed by atoms with E-state index in [1.54, 1.807) is 129 Å². The van der Waals surface area contributed by atoms with Crippen LogP contribution in [0.3, 0.4) is 0 Å². The molecule has 34 heteroatoms. The minimum Gasteiger partial charge on any atom is -0.481 e. The fourth-order valence-electron chi connectivity index (χ4n) is 11.8. The number of Topliss-reactive ketones (excluding diaryl/α,β-unsaturated/α-hetero) is 2. The predicted molar refractivity (Wildman–Crippen MR) is 397 cm³/mol. The number of fused-ring (bicyclic) bond motifs is 2. The molecule has 2 bridgehead atoms. The highest BCUT2D eigenvalue weighted by molar-refractivity contribution is 5.96. The second-order valence-electron chi connectivity index (χ2n) is 28.0. The average Bonchev–Trinajstić information content (AvgIpc) is 0.784. The van der Waals surface area contributed by atoms with Gasteiger partial charge in [0.2, 0.25) is 11.8 Å². The van der Waals surface area contributed by atoms with Crippen LogP contribution in [0.25, 0.3) is 0 Å². The Morgan fingerprint density at radius 2 is 1.16 bits per heavy atom. The molecule has 21 N–H and O–H groups in total. The number of ketones is 2. The van der Waals surface area contributed by atoms with Gasteiger partial charge in [-0.15, -0.1) is 0 Å². The van der Waals surface area contributed by atoms with Crippen LogP contribution in [0.4, 0.5) is 5.69 Å². The van der Waals surface area contributed by atoms with Crippen molar-refractivity contribution in [1.82, 2.24) is 20.4 Å². The van der Waals surface area contributed by atoms with Crippen molar-refractivity contribution in [3.05, 3.63) is 115 Å². The molecule has 0 spiro atoms. The second kappa shape index (κ2) is 50.8. The molecule has 0 aromatic heterocycles. The summed E-state index contributed by atoms with van der Waals surface area (Å²) in [5.74, 6) is -12.1. The molecule has 3 aliphatic rings. The van der Waals surface area contributed by atoms with Gasteiger partial charge in [-0.2, -0.15) is 0 Å². The number of hydrogen-bond donors (Lipinski definition) is 19. The summed E-state index contributed by atoms with van der Waals surface area (Å²) in [7, 11) is 8.75. The van der Waals surface area contributed by atoms with Gasteiger partial charge in [0.25, 0.3) is 0 Å². The van der Waals surface area contributed by atoms with Crippen LogP contribution >= 0.6 is 0 Å². The van der Waals surface area contributed by atoms with Gasteiger partial charge in [-0.05, 0) is 97.4 Å². The Bertz CT molecular complexity index is 3170. The first-order chi connectivity index (χ1) is 51.1. The van der Waals surface area contributed by atoms with E-state index in [9.17, 15) is 94.2 Å². The van der Waals surface area contributed by atoms with E-state index in [4.69, 9.17) is 50.8 Å². The maximum atomic E-state index is 14.0. The number of carboxylic acids is 4. The maximum absolute atomic E-state index is 14.0. The molecule has 3 unspecified atom stereocenters. The number of ether oxygens (including phenoxy) is 4. The van der Waals surface area contributed by atoms with Crippen LogP contribution in [0.15, 0.2) is 109 Å². The molecule has 2 saturated heterocycles. The molecular weight excluding hydrogens is 1430 g/mol. The number of aliphatic carboxylic acids is 4. The number of nitrogens with two attached hydrogens (primary N) is 2. The summed E-state index contributed by atoms with van der Waals surface area (Å²) < 4.78 is 24.6. The second-order valence-corrected chi connectivity index (χ2v) is 28.0. The number of benzene rings is 1. The lowest BCUT2D eigenvalue weighted by Gasteiger charge is -2.46. The topological polar surface area (TPSA) is 568 Å². The summed E-state index contributed by atoms with van der Waals surface area (Å²) in [5, 5.41) is 153. The molecule has 21 atom stereocenters. The first kappa shape index (κ1) is 97.2. The molecule has 614 valence electrons. The number of nitrogens with one attached hydrogen (secondary N) is 3. The molecule has 0 aliphatic carbocycles. The van der Waals surface area contributed by atoms with Crippen molar-refractivity contribution in [2.45, 2.75) is 220 Å². The van der Waals surface area contributed by atoms with Crippen LogP contribution in [-0.2, 0) is 57.3 Å². The van der Waals surface area contributed by atoms with E-state index in [0.717, 1.165) is 5.69 Å². The van der Waals surface area contributed by atoms with Gasteiger partial charge in [0.05, 0.1) is 98.8 Å². The largest absolute Gasteiger partial charge is 0.481 e. The van der Waals surface area contributed by atoms with Crippen LogP contribution < -0.4 is 27.4 Å². The highest BCUT2D eigenvalue weighted by Gasteiger charge is 2.51. The monoisotopic (exact) mass is 1550 g/mol. The smallest absolute Gasteiger partial charge is 0.321 e. The zero-order valence-electron chi connectivity index (χ0n) is 63.1. The van der Waals surface area contributed by atoms with Gasteiger partial charge in [0.1, 0.15) is 36.2 Å². The predicted octanol–water partition coefficient (Wildman–Crippen LogP) is -0.196. The lowest BCUT2D eigenvalue weighted by molar-refractivity contribution is -0.307. The number of allylic oxidation sites excluding steroid dienone is 12. The lowest BCUT2D eigenvalue weighted by atomic mass is 9.82. The first-order valence-electron chi connectivity index (χ1n) is 35.9. The van der Waals surface area contributed by atoms with E-state index >= 15 is 0 Å². The first-order valence-corrected chi connectivity index (χ1v) is 35.9. The van der Waals surface area contributed by atoms with E-state index < -0.39 is 227 Å². The highest BCUT2D eigenvalue weighted by Crippen LogP contribution is 2.39. The maximum Gasteiger partial charge on any atom is 0.321 e. The Labute approximate surface area is 635 Å². The van der Waals surface area contributed by atoms with E-state index in [-0.39, 0.29) is 50.0 Å². The fourth-order valence-corrected chi connectivity index (χ4v) is 11.8. The summed E-state index contributed by atoms with van der Waals surface area (Å²) in [6, 6.07) is 3.10. The molecule has 0 radical (unpaired) electrons. The van der Waals surface area contributed by atoms with E-state index in [2.05, 4.69) is 16.0 Å². The quantitative estimate of drug-likeness (QED) is 0.0498. The van der Waals surface area contributed by atoms with E-state index in [0.29, 0.717) is 18.5 Å². The van der Waals surface area contributed by atoms with Gasteiger partial charge in [-0.3, -0.25) is 43.2 Å². The van der Waals surface area contributed by atoms with Crippen LogP contribution in [0.2, 0.25) is 0 Å². The minimum atomic E-state index is -2.32. The van der Waals surface area contributed by atoms with Crippen molar-refractivity contribution in [1.29, 1.82) is 0 Å². The van der Waals surface area contributed by atoms with Crippen molar-refractivity contribution in [2.24, 2.45) is 29.2 Å². The number of rotatable bonds is 23. The number of carboxylic acid groups (broad SMARTS) is 4. The molecule has 2 amide bonds. The zero-order chi connectivity index (χ0) is 82.3. The van der Waals surface area contributed by atoms with E-state index in [1.807, 2.05) is 38.9 Å². The lowest BCUT2D eigenvalue weighted by Crippen LogP contribution is -2.64. The summed E-state index contributed by atoms with van der Waals surface area (Å²) >= 11 is 0. The summed E-state index contributed by atoms with van der Waals surface area (Å²) in [5.41, 5.74) is 11.0. The van der Waals surface area contributed by atoms with Gasteiger partial charge in [-0.1, -0.05) is 98.9 Å². The Hall–Kier alpha value is -7.85. The molecule has 109 heavy (non-hydrogen) atoms. The Morgan fingerprint density at radius 1 is 0.642 bits per heavy atom. The number of nitrogens with zero attached hydrogens (tertiary/aromatic N) is 2. The van der Waals surface area contributed by atoms with Crippen molar-refractivity contribution < 1.29 is 134 Å². The highest BCUT2D eigenvalue weighted by atomic mass is 16.7. The van der Waals surface area contributed by atoms with Crippen LogP contribution in [0.1, 0.15) is 121 Å². The standard InChI is InChI=1S/C67H103N5O19.2C4H7NO4/c1-42-21-19-17-15-13-11-9-10-12-14-16-18-20-22-54(89-66-63(85)61(62(84)44(3)88-66)70-58(82)41-72(7)8)38-57-60(65(86)69-29-30-71(5)6)56(81)40-67(87,91-57)39-53(79)35-51(77)33-49(75)31-48(74)32-50(76)34-52(78)37-59(83)90-64(42)43(2)23-28-47(73)36-55(80)45-24-26-46(68-4)27-25-45;2*5-2(4(8)9)1-3(6)7/h9-22,24-27,42-44,47-49,51-54,56-57,60-64,66,68,73-75,77-79,81,84-85,87H,23,28-41H2,1-8H3,(H,69,86)(H,70,82);2*2H,1,5H2,(H,6,7)(H,8,9)/b10-9-,13-11-,14-12-,17-15-,18-16-,21-19-,22-20-;;/t42?,43-,44+,47?,48+,49-,51-,52+,53-,54-,56-,57-,60+,61-,62+,63-,64?,66-,67+;2*2-/m000/s1. The van der Waals surface area contributed by atoms with Gasteiger partial charge in [0, 0.05) is 75.8 Å². The number of carbonyl (C=O) groups excluding carboxylic acids is 5. The molecule has 4 rings (SSSR count). The molecule has 0 saturated carbocycles. The molecule has 1 aromatic carbocycles. The molecule has 3 heterocycles. The SMILES string of the molecule is CNc1ccc(C(=O)CC(O)CC[C@H](C)C2OC(=O)C[C@H](O)CC(=O)C[C@H](O)C[C@H](O)C[C@H](O)C[C@H](O)C[C@]3(O)C[C@H](O)[C@@H](C(=O)NCCN(C)C)[C@H](C[C@@H](O[C@@H]4O[C@H](C)[C@@H](O)[C@H](NC(=O)CN(C)C)[C@@H]4O)\C=C/C=C\C=C/C=C\C=C/C=C\C=C/C2C)O3)cc1.N[C@@H](CC(=O)O)C(=O)O.N[C@@H](CC(=O)O)C(=O)O. The number of esters is 1. The molecule has 34 nitrogen and oxygen atoms in total. The summed E-state index contributed by atoms with van der Waals surface area (Å²) in [6.45, 7) is 5.81. The van der Waals surface area contributed by atoms with Gasteiger partial charge >= 0.3 is 29.8 Å². The average molecular weight is 1550 g/mol. The van der Waals surface area contributed by atoms with Crippen molar-refractivity contribution in [3.8, 4) is 0 Å². The number of anilines is 1. The van der Waals surface area contributed by atoms with Crippen LogP contribution in [-0.4, -0.2) is 299 Å². The minimum absolute atomic E-state index is 0.0513. The normalized spacial score (nSPS) is 31.2. The number of carbonyl (C=O) groups is 9. The van der Waals surface area contributed by atoms with E-state index in [1.165, 1.54) is 6.92 Å². The molecular formula is C75H117N7O27. The van der Waals surface area contributed by atoms with Crippen molar-refractivity contribution in [2.75, 3.05) is 60.2 Å². The molecule has 1 aromatic rings. The number of aliphatic hydroxyl groups is 10. The Morgan fingerprint density at radius 3 is 1.66 bits per heavy atom. The van der Waals surface area contributed by atoms with Crippen LogP contribution in [0, 0.1) is 17.8 Å². The van der Waals surface area contributed by atoms with Gasteiger partial charge < -0.3 is 128 Å². The van der Waals surface area contributed by atoms with Crippen molar-refractivity contribution >= 4 is 58.9 Å². The number of cyclic esters (lactones) is 1. The third-order valence-electron chi connectivity index (χ3n) is 17.4. The van der Waals surface area contributed by atoms with Crippen LogP contribution in [0.5, 0.6) is 0 Å². The van der Waals surface area contributed by atoms with Gasteiger partial charge in [-0.25, -0.2) is 0 Å². The fraction of sp³-hybridized carbons (Fsp3) is 0.613. The number of hydrogen-bond acceptors (Lipinski definition) is 28. The number of aliphatic hydroxyl groups excluding tert-OH is 9. The number of likely N-dealkylation sites (N-methyl/N-ethyl adjacent to an activating group) is 2. The Kier molecular flexibility index (Phi) is 45.4. The third kappa shape index (κ3) is 40.1.